The molecular formula is C20H16ClN5O2S. The van der Waals surface area contributed by atoms with Gasteiger partial charge in [-0.1, -0.05) is 11.6 Å². The third-order valence-corrected chi connectivity index (χ3v) is 6.08. The number of carbonyl (C=O) groups excluding carboxylic acids is 1. The molecule has 1 amide bonds. The van der Waals surface area contributed by atoms with E-state index in [1.54, 1.807) is 24.3 Å². The molecule has 0 saturated carbocycles. The molecule has 0 spiro atoms. The summed E-state index contributed by atoms with van der Waals surface area (Å²) < 4.78 is 5.84. The molecule has 0 radical (unpaired) electrons. The largest absolute Gasteiger partial charge is 0.457 e. The van der Waals surface area contributed by atoms with E-state index >= 15 is 0 Å². The van der Waals surface area contributed by atoms with Crippen LogP contribution in [0.2, 0.25) is 5.02 Å². The SMILES string of the molecule is N=C1/C(=C/c2ccc(-c3ccc(Cl)cc3)o2)C(=O)N=C2SC(N3CCCC3)=NN12. The molecule has 0 unspecified atom stereocenters. The summed E-state index contributed by atoms with van der Waals surface area (Å²) >= 11 is 7.27. The first-order valence-corrected chi connectivity index (χ1v) is 10.4. The van der Waals surface area contributed by atoms with Gasteiger partial charge in [-0.25, -0.2) is 0 Å². The first-order chi connectivity index (χ1) is 14.1. The lowest BCUT2D eigenvalue weighted by atomic mass is 10.1. The second-order valence-corrected chi connectivity index (χ2v) is 8.18. The van der Waals surface area contributed by atoms with Gasteiger partial charge in [-0.2, -0.15) is 10.0 Å². The highest BCUT2D eigenvalue weighted by Crippen LogP contribution is 2.31. The zero-order chi connectivity index (χ0) is 20.0. The molecule has 1 fully saturated rings. The molecular weight excluding hydrogens is 410 g/mol. The quantitative estimate of drug-likeness (QED) is 0.726. The summed E-state index contributed by atoms with van der Waals surface area (Å²) in [6.45, 7) is 1.88. The molecule has 7 nitrogen and oxygen atoms in total. The maximum atomic E-state index is 12.5. The number of furan rings is 1. The molecule has 0 aliphatic carbocycles. The van der Waals surface area contributed by atoms with Gasteiger partial charge in [0.05, 0.1) is 5.57 Å². The molecule has 1 N–H and O–H groups in total. The molecule has 2 aromatic rings. The van der Waals surface area contributed by atoms with Gasteiger partial charge in [0.15, 0.2) is 11.0 Å². The van der Waals surface area contributed by atoms with Gasteiger partial charge in [0, 0.05) is 23.7 Å². The normalized spacial score (nSPS) is 20.4. The van der Waals surface area contributed by atoms with Crippen molar-refractivity contribution in [3.8, 4) is 11.3 Å². The van der Waals surface area contributed by atoms with Gasteiger partial charge in [0.2, 0.25) is 5.17 Å². The molecule has 146 valence electrons. The van der Waals surface area contributed by atoms with Crippen LogP contribution in [0.25, 0.3) is 17.4 Å². The van der Waals surface area contributed by atoms with Gasteiger partial charge in [-0.15, -0.1) is 5.10 Å². The molecule has 3 aliphatic heterocycles. The topological polar surface area (TPSA) is 85.3 Å². The highest BCUT2D eigenvalue weighted by atomic mass is 35.5. The monoisotopic (exact) mass is 425 g/mol. The van der Waals surface area contributed by atoms with Gasteiger partial charge >= 0.3 is 0 Å². The molecule has 1 aromatic carbocycles. The van der Waals surface area contributed by atoms with Crippen LogP contribution in [0.3, 0.4) is 0 Å². The van der Waals surface area contributed by atoms with Crippen molar-refractivity contribution < 1.29 is 9.21 Å². The van der Waals surface area contributed by atoms with E-state index in [-0.39, 0.29) is 11.4 Å². The van der Waals surface area contributed by atoms with Crippen LogP contribution in [0.4, 0.5) is 0 Å². The number of likely N-dealkylation sites (tertiary alicyclic amines) is 1. The zero-order valence-corrected chi connectivity index (χ0v) is 16.8. The fourth-order valence-corrected chi connectivity index (χ4v) is 4.43. The number of fused-ring (bicyclic) bond motifs is 1. The average Bonchev–Trinajstić information content (AvgIpc) is 3.46. The Morgan fingerprint density at radius 3 is 2.62 bits per heavy atom. The lowest BCUT2D eigenvalue weighted by Gasteiger charge is -2.19. The molecule has 0 bridgehead atoms. The Morgan fingerprint density at radius 2 is 1.86 bits per heavy atom. The summed E-state index contributed by atoms with van der Waals surface area (Å²) in [6.07, 6.45) is 3.79. The Labute approximate surface area is 176 Å². The molecule has 9 heteroatoms. The molecule has 1 aromatic heterocycles. The minimum Gasteiger partial charge on any atom is -0.457 e. The smallest absolute Gasteiger partial charge is 0.283 e. The van der Waals surface area contributed by atoms with Crippen LogP contribution >= 0.6 is 23.4 Å². The number of hydrogen-bond acceptors (Lipinski definition) is 6. The predicted molar refractivity (Wildman–Crippen MR) is 115 cm³/mol. The van der Waals surface area contributed by atoms with E-state index in [4.69, 9.17) is 21.4 Å². The number of halogens is 1. The van der Waals surface area contributed by atoms with Gasteiger partial charge < -0.3 is 9.32 Å². The molecule has 5 rings (SSSR count). The van der Waals surface area contributed by atoms with Gasteiger partial charge in [-0.3, -0.25) is 10.2 Å². The lowest BCUT2D eigenvalue weighted by Crippen LogP contribution is -2.35. The number of nitrogens with zero attached hydrogens (tertiary/aromatic N) is 4. The second-order valence-electron chi connectivity index (χ2n) is 6.81. The number of amidine groups is 3. The van der Waals surface area contributed by atoms with Crippen LogP contribution in [-0.2, 0) is 4.79 Å². The number of hydrogen-bond donors (Lipinski definition) is 1. The van der Waals surface area contributed by atoms with Crippen molar-refractivity contribution in [2.24, 2.45) is 10.1 Å². The van der Waals surface area contributed by atoms with Gasteiger partial charge in [-0.05, 0) is 67.1 Å². The molecule has 3 aliphatic rings. The van der Waals surface area contributed by atoms with E-state index in [0.717, 1.165) is 36.7 Å². The summed E-state index contributed by atoms with van der Waals surface area (Å²) in [5, 5.41) is 16.3. The zero-order valence-electron chi connectivity index (χ0n) is 15.3. The van der Waals surface area contributed by atoms with Crippen molar-refractivity contribution in [1.29, 1.82) is 5.41 Å². The van der Waals surface area contributed by atoms with Crippen LogP contribution in [0.5, 0.6) is 0 Å². The van der Waals surface area contributed by atoms with Crippen LogP contribution in [0.15, 0.2) is 56.5 Å². The highest BCUT2D eigenvalue weighted by molar-refractivity contribution is 8.26. The van der Waals surface area contributed by atoms with Crippen molar-refractivity contribution >= 4 is 51.5 Å². The third-order valence-electron chi connectivity index (χ3n) is 4.86. The van der Waals surface area contributed by atoms with Crippen molar-refractivity contribution in [3.05, 3.63) is 52.8 Å². The fourth-order valence-electron chi connectivity index (χ4n) is 3.36. The summed E-state index contributed by atoms with van der Waals surface area (Å²) in [4.78, 5) is 18.8. The Hall–Kier alpha value is -2.84. The fraction of sp³-hybridized carbons (Fsp3) is 0.200. The summed E-state index contributed by atoms with van der Waals surface area (Å²) in [5.41, 5.74) is 1.03. The van der Waals surface area contributed by atoms with Crippen LogP contribution in [0.1, 0.15) is 18.6 Å². The number of amides is 1. The van der Waals surface area contributed by atoms with E-state index in [1.807, 2.05) is 18.2 Å². The van der Waals surface area contributed by atoms with Crippen LogP contribution < -0.4 is 0 Å². The molecule has 29 heavy (non-hydrogen) atoms. The molecule has 1 saturated heterocycles. The molecule has 4 heterocycles. The van der Waals surface area contributed by atoms with Gasteiger partial charge in [0.1, 0.15) is 11.5 Å². The highest BCUT2D eigenvalue weighted by Gasteiger charge is 2.37. The second kappa shape index (κ2) is 7.20. The Bertz CT molecular complexity index is 1100. The Morgan fingerprint density at radius 1 is 1.10 bits per heavy atom. The number of aliphatic imine (C=N–C) groups is 1. The van der Waals surface area contributed by atoms with E-state index < -0.39 is 5.91 Å². The number of rotatable bonds is 2. The first-order valence-electron chi connectivity index (χ1n) is 9.19. The minimum atomic E-state index is -0.462. The maximum absolute atomic E-state index is 12.5. The molecule has 0 atom stereocenters. The summed E-state index contributed by atoms with van der Waals surface area (Å²) in [5.74, 6) is 0.665. The Kier molecular flexibility index (Phi) is 4.52. The lowest BCUT2D eigenvalue weighted by molar-refractivity contribution is -0.114. The number of carbonyl (C=O) groups is 1. The Balaban J connectivity index is 1.42. The van der Waals surface area contributed by atoms with Crippen molar-refractivity contribution in [1.82, 2.24) is 9.91 Å². The van der Waals surface area contributed by atoms with Crippen LogP contribution in [0, 0.1) is 5.41 Å². The number of benzene rings is 1. The number of thioether (sulfide) groups is 1. The van der Waals surface area contributed by atoms with E-state index in [0.29, 0.717) is 21.7 Å². The van der Waals surface area contributed by atoms with Crippen molar-refractivity contribution in [2.45, 2.75) is 12.8 Å². The van der Waals surface area contributed by atoms with E-state index in [1.165, 1.54) is 16.8 Å². The predicted octanol–water partition coefficient (Wildman–Crippen LogP) is 4.27. The standard InChI is InChI=1S/C20H16ClN5O2S/c21-13-5-3-12(4-6-13)16-8-7-14(28-16)11-15-17(22)26-19(23-18(15)27)29-20(24-26)25-9-1-2-10-25/h3-8,11,22H,1-2,9-10H2/b15-11-,22-17?. The first kappa shape index (κ1) is 18.2. The van der Waals surface area contributed by atoms with Crippen LogP contribution in [-0.4, -0.2) is 45.1 Å². The number of hydrazone groups is 1. The van der Waals surface area contributed by atoms with E-state index in [9.17, 15) is 4.79 Å². The van der Waals surface area contributed by atoms with Gasteiger partial charge in [0.25, 0.3) is 5.91 Å². The minimum absolute atomic E-state index is 0.00569. The third kappa shape index (κ3) is 3.38. The number of nitrogens with one attached hydrogen (secondary N) is 1. The average molecular weight is 426 g/mol. The van der Waals surface area contributed by atoms with E-state index in [2.05, 4.69) is 15.0 Å². The maximum Gasteiger partial charge on any atom is 0.283 e. The van der Waals surface area contributed by atoms with Crippen molar-refractivity contribution in [2.75, 3.05) is 13.1 Å². The summed E-state index contributed by atoms with van der Waals surface area (Å²) in [6, 6.07) is 10.9. The van der Waals surface area contributed by atoms with Crippen molar-refractivity contribution in [3.63, 3.8) is 0 Å². The summed E-state index contributed by atoms with van der Waals surface area (Å²) in [7, 11) is 0.